The van der Waals surface area contributed by atoms with Crippen LogP contribution in [0.1, 0.15) is 66.0 Å². The van der Waals surface area contributed by atoms with E-state index in [1.165, 1.54) is 37.8 Å². The van der Waals surface area contributed by atoms with Gasteiger partial charge in [-0.15, -0.1) is 0 Å². The highest BCUT2D eigenvalue weighted by Gasteiger charge is 2.30. The predicted molar refractivity (Wildman–Crippen MR) is 106 cm³/mol. The van der Waals surface area contributed by atoms with Gasteiger partial charge in [0.1, 0.15) is 6.26 Å². The van der Waals surface area contributed by atoms with E-state index in [0.717, 1.165) is 37.1 Å². The van der Waals surface area contributed by atoms with Crippen molar-refractivity contribution in [3.05, 3.63) is 35.0 Å². The SMILES string of the molecule is CN(C)C(=O)c1nn(CC2CCCCC2)c2c1C[C@@H](NCc1ccon1)CC2. The molecule has 0 saturated heterocycles. The molecule has 2 heterocycles. The highest BCUT2D eigenvalue weighted by Crippen LogP contribution is 2.30. The number of carbonyl (C=O) groups excluding carboxylic acids is 1. The zero-order valence-corrected chi connectivity index (χ0v) is 17.0. The van der Waals surface area contributed by atoms with E-state index in [0.29, 0.717) is 24.2 Å². The lowest BCUT2D eigenvalue weighted by Crippen LogP contribution is -2.35. The number of aromatic nitrogens is 3. The Morgan fingerprint density at radius 1 is 1.29 bits per heavy atom. The Kier molecular flexibility index (Phi) is 5.80. The van der Waals surface area contributed by atoms with Crippen molar-refractivity contribution in [3.8, 4) is 0 Å². The lowest BCUT2D eigenvalue weighted by molar-refractivity contribution is 0.0819. The van der Waals surface area contributed by atoms with Crippen molar-refractivity contribution < 1.29 is 9.32 Å². The van der Waals surface area contributed by atoms with Crippen molar-refractivity contribution in [2.75, 3.05) is 14.1 Å². The van der Waals surface area contributed by atoms with Crippen LogP contribution in [0.4, 0.5) is 0 Å². The first-order valence-corrected chi connectivity index (χ1v) is 10.5. The van der Waals surface area contributed by atoms with Crippen LogP contribution in [0.3, 0.4) is 0 Å². The molecule has 2 aliphatic rings. The molecular weight excluding hydrogens is 354 g/mol. The maximum absolute atomic E-state index is 12.8. The largest absolute Gasteiger partial charge is 0.364 e. The third-order valence-electron chi connectivity index (χ3n) is 6.17. The normalized spacial score (nSPS) is 20.1. The van der Waals surface area contributed by atoms with Crippen molar-refractivity contribution in [1.29, 1.82) is 0 Å². The summed E-state index contributed by atoms with van der Waals surface area (Å²) in [5, 5.41) is 12.4. The lowest BCUT2D eigenvalue weighted by atomic mass is 9.88. The molecule has 28 heavy (non-hydrogen) atoms. The van der Waals surface area contributed by atoms with Gasteiger partial charge in [-0.25, -0.2) is 0 Å². The number of nitrogens with one attached hydrogen (secondary N) is 1. The van der Waals surface area contributed by atoms with E-state index in [9.17, 15) is 4.79 Å². The first-order valence-electron chi connectivity index (χ1n) is 10.5. The molecule has 0 aromatic carbocycles. The number of fused-ring (bicyclic) bond motifs is 1. The second-order valence-electron chi connectivity index (χ2n) is 8.47. The van der Waals surface area contributed by atoms with Crippen LogP contribution in [0.2, 0.25) is 0 Å². The Balaban J connectivity index is 1.52. The summed E-state index contributed by atoms with van der Waals surface area (Å²) in [7, 11) is 3.61. The van der Waals surface area contributed by atoms with Gasteiger partial charge in [-0.1, -0.05) is 24.4 Å². The van der Waals surface area contributed by atoms with Gasteiger partial charge in [0.2, 0.25) is 0 Å². The Morgan fingerprint density at radius 3 is 2.82 bits per heavy atom. The summed E-state index contributed by atoms with van der Waals surface area (Å²) in [5.41, 5.74) is 3.96. The average molecular weight is 386 g/mol. The standard InChI is InChI=1S/C21H31N5O2/c1-25(2)21(27)20-18-12-16(22-13-17-10-11-28-24-17)8-9-19(18)26(23-20)14-15-6-4-3-5-7-15/h10-11,15-16,22H,3-9,12-14H2,1-2H3/t16-/m0/s1. The topological polar surface area (TPSA) is 76.2 Å². The number of nitrogens with zero attached hydrogens (tertiary/aromatic N) is 4. The van der Waals surface area contributed by atoms with Gasteiger partial charge in [0.15, 0.2) is 5.69 Å². The molecule has 4 rings (SSSR count). The van der Waals surface area contributed by atoms with Crippen molar-refractivity contribution in [2.24, 2.45) is 5.92 Å². The first-order chi connectivity index (χ1) is 13.6. The molecule has 2 aromatic heterocycles. The zero-order valence-electron chi connectivity index (χ0n) is 17.0. The van der Waals surface area contributed by atoms with Gasteiger partial charge in [-0.2, -0.15) is 5.10 Å². The van der Waals surface area contributed by atoms with E-state index in [2.05, 4.69) is 15.2 Å². The van der Waals surface area contributed by atoms with E-state index in [-0.39, 0.29) is 5.91 Å². The van der Waals surface area contributed by atoms with Crippen LogP contribution in [0.5, 0.6) is 0 Å². The molecule has 2 aliphatic carbocycles. The fourth-order valence-corrected chi connectivity index (χ4v) is 4.59. The van der Waals surface area contributed by atoms with Gasteiger partial charge in [-0.05, 0) is 38.0 Å². The summed E-state index contributed by atoms with van der Waals surface area (Å²) < 4.78 is 7.07. The molecule has 0 bridgehead atoms. The number of carbonyl (C=O) groups is 1. The first kappa shape index (κ1) is 19.2. The number of amides is 1. The molecule has 1 amide bonds. The Labute approximate surface area is 166 Å². The minimum Gasteiger partial charge on any atom is -0.364 e. The zero-order chi connectivity index (χ0) is 19.5. The molecule has 7 nitrogen and oxygen atoms in total. The van der Waals surface area contributed by atoms with Crippen LogP contribution in [0.15, 0.2) is 16.9 Å². The molecule has 0 radical (unpaired) electrons. The average Bonchev–Trinajstić information content (AvgIpc) is 3.34. The van der Waals surface area contributed by atoms with Gasteiger partial charge < -0.3 is 14.7 Å². The lowest BCUT2D eigenvalue weighted by Gasteiger charge is -2.26. The highest BCUT2D eigenvalue weighted by atomic mass is 16.5. The Morgan fingerprint density at radius 2 is 2.11 bits per heavy atom. The van der Waals surface area contributed by atoms with Crippen LogP contribution in [0.25, 0.3) is 0 Å². The highest BCUT2D eigenvalue weighted by molar-refractivity contribution is 5.93. The van der Waals surface area contributed by atoms with Crippen molar-refractivity contribution in [1.82, 2.24) is 25.2 Å². The monoisotopic (exact) mass is 385 g/mol. The molecule has 1 saturated carbocycles. The maximum atomic E-state index is 12.8. The summed E-state index contributed by atoms with van der Waals surface area (Å²) in [6, 6.07) is 2.20. The van der Waals surface area contributed by atoms with Gasteiger partial charge >= 0.3 is 0 Å². The number of rotatable bonds is 6. The number of hydrogen-bond acceptors (Lipinski definition) is 5. The molecular formula is C21H31N5O2. The van der Waals surface area contributed by atoms with E-state index < -0.39 is 0 Å². The van der Waals surface area contributed by atoms with Gasteiger partial charge in [0.05, 0.1) is 5.69 Å². The molecule has 0 spiro atoms. The summed E-state index contributed by atoms with van der Waals surface area (Å²) in [5.74, 6) is 0.707. The Bertz CT molecular complexity index is 790. The minimum atomic E-state index is 0.01000. The molecule has 152 valence electrons. The fourth-order valence-electron chi connectivity index (χ4n) is 4.59. The predicted octanol–water partition coefficient (Wildman–Crippen LogP) is 2.80. The summed E-state index contributed by atoms with van der Waals surface area (Å²) >= 11 is 0. The number of hydrogen-bond donors (Lipinski definition) is 1. The second kappa shape index (κ2) is 8.47. The van der Waals surface area contributed by atoms with Crippen LogP contribution in [-0.2, 0) is 25.9 Å². The van der Waals surface area contributed by atoms with Crippen LogP contribution in [-0.4, -0.2) is 45.9 Å². The van der Waals surface area contributed by atoms with E-state index >= 15 is 0 Å². The van der Waals surface area contributed by atoms with Crippen molar-refractivity contribution in [2.45, 2.75) is 70.5 Å². The maximum Gasteiger partial charge on any atom is 0.274 e. The molecule has 1 fully saturated rings. The molecule has 1 atom stereocenters. The molecule has 2 aromatic rings. The minimum absolute atomic E-state index is 0.01000. The van der Waals surface area contributed by atoms with Crippen LogP contribution >= 0.6 is 0 Å². The fraction of sp³-hybridized carbons (Fsp3) is 0.667. The molecule has 0 unspecified atom stereocenters. The van der Waals surface area contributed by atoms with E-state index in [1.54, 1.807) is 25.3 Å². The molecule has 0 aliphatic heterocycles. The van der Waals surface area contributed by atoms with E-state index in [1.807, 2.05) is 6.07 Å². The second-order valence-corrected chi connectivity index (χ2v) is 8.47. The smallest absolute Gasteiger partial charge is 0.274 e. The van der Waals surface area contributed by atoms with Crippen LogP contribution in [0, 0.1) is 5.92 Å². The van der Waals surface area contributed by atoms with Gasteiger partial charge in [-0.3, -0.25) is 9.48 Å². The molecule has 1 N–H and O–H groups in total. The third-order valence-corrected chi connectivity index (χ3v) is 6.17. The summed E-state index contributed by atoms with van der Waals surface area (Å²) in [6.45, 7) is 1.64. The van der Waals surface area contributed by atoms with Crippen molar-refractivity contribution in [3.63, 3.8) is 0 Å². The van der Waals surface area contributed by atoms with Gasteiger partial charge in [0, 0.05) is 50.6 Å². The van der Waals surface area contributed by atoms with Gasteiger partial charge in [0.25, 0.3) is 5.91 Å². The summed E-state index contributed by atoms with van der Waals surface area (Å²) in [4.78, 5) is 14.4. The summed E-state index contributed by atoms with van der Waals surface area (Å²) in [6.07, 6.45) is 11.0. The molecule has 7 heteroatoms. The van der Waals surface area contributed by atoms with Crippen LogP contribution < -0.4 is 5.32 Å². The van der Waals surface area contributed by atoms with E-state index in [4.69, 9.17) is 9.62 Å². The quantitative estimate of drug-likeness (QED) is 0.827. The Hall–Kier alpha value is -2.15. The third kappa shape index (κ3) is 4.14. The van der Waals surface area contributed by atoms with Crippen molar-refractivity contribution >= 4 is 5.91 Å².